The summed E-state index contributed by atoms with van der Waals surface area (Å²) < 4.78 is 11.0. The van der Waals surface area contributed by atoms with E-state index in [9.17, 15) is 0 Å². The maximum Gasteiger partial charge on any atom is 0.230 e. The van der Waals surface area contributed by atoms with Gasteiger partial charge in [-0.05, 0) is 0 Å². The van der Waals surface area contributed by atoms with Crippen molar-refractivity contribution in [2.24, 2.45) is 10.8 Å². The molecule has 0 saturated carbocycles. The lowest BCUT2D eigenvalue weighted by Crippen LogP contribution is -2.17. The average molecular weight is 214 g/mol. The highest BCUT2D eigenvalue weighted by Crippen LogP contribution is 2.40. The van der Waals surface area contributed by atoms with Crippen LogP contribution in [0, 0.1) is 10.8 Å². The molecule has 0 amide bonds. The summed E-state index contributed by atoms with van der Waals surface area (Å²) in [5.74, 6) is 2.00. The minimum atomic E-state index is 0.0408. The van der Waals surface area contributed by atoms with Crippen molar-refractivity contribution in [3.8, 4) is 0 Å². The molecule has 2 heteroatoms. The van der Waals surface area contributed by atoms with Crippen molar-refractivity contribution in [1.29, 1.82) is 0 Å². The van der Waals surface area contributed by atoms with E-state index in [1.54, 1.807) is 0 Å². The van der Waals surface area contributed by atoms with Crippen LogP contribution in [0.25, 0.3) is 0 Å². The van der Waals surface area contributed by atoms with Gasteiger partial charge in [0.1, 0.15) is 11.5 Å². The van der Waals surface area contributed by atoms with Crippen LogP contribution in [0.5, 0.6) is 0 Å². The van der Waals surface area contributed by atoms with Crippen molar-refractivity contribution in [2.45, 2.75) is 55.4 Å². The molecule has 2 nitrogen and oxygen atoms in total. The van der Waals surface area contributed by atoms with Crippen molar-refractivity contribution in [2.75, 3.05) is 6.79 Å². The molecular formula is C13H26O2. The van der Waals surface area contributed by atoms with Gasteiger partial charge in [-0.2, -0.15) is 0 Å². The Bertz CT molecular complexity index is 202. The summed E-state index contributed by atoms with van der Waals surface area (Å²) in [5.41, 5.74) is 0.0816. The molecule has 15 heavy (non-hydrogen) atoms. The second-order valence-electron chi connectivity index (χ2n) is 5.56. The van der Waals surface area contributed by atoms with Gasteiger partial charge in [-0.1, -0.05) is 55.4 Å². The van der Waals surface area contributed by atoms with Crippen molar-refractivity contribution in [1.82, 2.24) is 0 Å². The Morgan fingerprint density at radius 1 is 0.733 bits per heavy atom. The average Bonchev–Trinajstić information content (AvgIpc) is 2.53. The van der Waals surface area contributed by atoms with E-state index in [0.717, 1.165) is 11.5 Å². The van der Waals surface area contributed by atoms with Crippen LogP contribution >= 0.6 is 0 Å². The molecule has 0 bridgehead atoms. The van der Waals surface area contributed by atoms with Gasteiger partial charge in [-0.25, -0.2) is 0 Å². The molecule has 1 heterocycles. The fourth-order valence-electron chi connectivity index (χ4n) is 1.39. The van der Waals surface area contributed by atoms with E-state index in [4.69, 9.17) is 9.47 Å². The fourth-order valence-corrected chi connectivity index (χ4v) is 1.39. The quantitative estimate of drug-likeness (QED) is 0.598. The van der Waals surface area contributed by atoms with Crippen molar-refractivity contribution in [3.63, 3.8) is 0 Å². The lowest BCUT2D eigenvalue weighted by molar-refractivity contribution is 0.0458. The van der Waals surface area contributed by atoms with Crippen LogP contribution in [0.4, 0.5) is 0 Å². The SMILES string of the molecule is CC.CC(C)(C)C1=C(C(C)(C)C)OCO1. The van der Waals surface area contributed by atoms with Crippen LogP contribution in [0.15, 0.2) is 11.5 Å². The Morgan fingerprint density at radius 2 is 1.00 bits per heavy atom. The first-order valence-electron chi connectivity index (χ1n) is 5.74. The van der Waals surface area contributed by atoms with Gasteiger partial charge < -0.3 is 9.47 Å². The molecule has 0 radical (unpaired) electrons. The van der Waals surface area contributed by atoms with Crippen LogP contribution in [-0.2, 0) is 9.47 Å². The van der Waals surface area contributed by atoms with E-state index in [2.05, 4.69) is 41.5 Å². The summed E-state index contributed by atoms with van der Waals surface area (Å²) in [6.45, 7) is 17.2. The van der Waals surface area contributed by atoms with Gasteiger partial charge in [0.15, 0.2) is 0 Å². The highest BCUT2D eigenvalue weighted by Gasteiger charge is 2.34. The molecule has 1 rings (SSSR count). The van der Waals surface area contributed by atoms with Crippen LogP contribution in [0.1, 0.15) is 55.4 Å². The van der Waals surface area contributed by atoms with E-state index in [1.807, 2.05) is 13.8 Å². The molecule has 1 aliphatic rings. The second-order valence-corrected chi connectivity index (χ2v) is 5.56. The van der Waals surface area contributed by atoms with Crippen LogP contribution < -0.4 is 0 Å². The number of hydrogen-bond acceptors (Lipinski definition) is 2. The fraction of sp³-hybridized carbons (Fsp3) is 0.846. The molecule has 0 N–H and O–H groups in total. The third-order valence-electron chi connectivity index (χ3n) is 1.98. The van der Waals surface area contributed by atoms with Crippen LogP contribution in [0.3, 0.4) is 0 Å². The van der Waals surface area contributed by atoms with Crippen LogP contribution in [-0.4, -0.2) is 6.79 Å². The summed E-state index contributed by atoms with van der Waals surface area (Å²) >= 11 is 0. The van der Waals surface area contributed by atoms with Crippen LogP contribution in [0.2, 0.25) is 0 Å². The summed E-state index contributed by atoms with van der Waals surface area (Å²) in [6, 6.07) is 0. The van der Waals surface area contributed by atoms with E-state index in [0.29, 0.717) is 6.79 Å². The predicted octanol–water partition coefficient (Wildman–Crippen LogP) is 4.32. The molecule has 0 spiro atoms. The molecule has 0 saturated heterocycles. The molecule has 90 valence electrons. The highest BCUT2D eigenvalue weighted by molar-refractivity contribution is 5.16. The van der Waals surface area contributed by atoms with Gasteiger partial charge in [0, 0.05) is 10.8 Å². The van der Waals surface area contributed by atoms with Gasteiger partial charge in [0.05, 0.1) is 0 Å². The van der Waals surface area contributed by atoms with Gasteiger partial charge in [-0.3, -0.25) is 0 Å². The van der Waals surface area contributed by atoms with Crippen molar-refractivity contribution in [3.05, 3.63) is 11.5 Å². The first-order chi connectivity index (χ1) is 6.73. The Morgan fingerprint density at radius 3 is 1.20 bits per heavy atom. The second kappa shape index (κ2) is 4.91. The highest BCUT2D eigenvalue weighted by atomic mass is 16.7. The van der Waals surface area contributed by atoms with Crippen molar-refractivity contribution < 1.29 is 9.47 Å². The maximum atomic E-state index is 5.51. The lowest BCUT2D eigenvalue weighted by Gasteiger charge is -2.24. The molecule has 0 aromatic heterocycles. The number of allylic oxidation sites excluding steroid dienone is 2. The predicted molar refractivity (Wildman–Crippen MR) is 64.3 cm³/mol. The minimum absolute atomic E-state index is 0.0408. The van der Waals surface area contributed by atoms with Gasteiger partial charge >= 0.3 is 0 Å². The van der Waals surface area contributed by atoms with E-state index in [-0.39, 0.29) is 10.8 Å². The molecule has 0 aromatic carbocycles. The number of rotatable bonds is 0. The Hall–Kier alpha value is -0.660. The number of ether oxygens (including phenoxy) is 2. The molecule has 0 aromatic rings. The minimum Gasteiger partial charge on any atom is -0.458 e. The molecule has 0 fully saturated rings. The van der Waals surface area contributed by atoms with Gasteiger partial charge in [0.25, 0.3) is 0 Å². The topological polar surface area (TPSA) is 18.5 Å². The van der Waals surface area contributed by atoms with E-state index < -0.39 is 0 Å². The smallest absolute Gasteiger partial charge is 0.230 e. The number of hydrogen-bond donors (Lipinski definition) is 0. The summed E-state index contributed by atoms with van der Waals surface area (Å²) in [4.78, 5) is 0. The maximum absolute atomic E-state index is 5.51. The summed E-state index contributed by atoms with van der Waals surface area (Å²) in [5, 5.41) is 0. The summed E-state index contributed by atoms with van der Waals surface area (Å²) in [6.07, 6.45) is 0. The molecule has 1 aliphatic heterocycles. The Kier molecular flexibility index (Phi) is 4.69. The monoisotopic (exact) mass is 214 g/mol. The van der Waals surface area contributed by atoms with Gasteiger partial charge in [-0.15, -0.1) is 0 Å². The van der Waals surface area contributed by atoms with Gasteiger partial charge in [0.2, 0.25) is 6.79 Å². The molecule has 0 atom stereocenters. The third kappa shape index (κ3) is 3.77. The Balaban J connectivity index is 0.000000921. The Labute approximate surface area is 94.7 Å². The summed E-state index contributed by atoms with van der Waals surface area (Å²) in [7, 11) is 0. The zero-order valence-corrected chi connectivity index (χ0v) is 11.5. The lowest BCUT2D eigenvalue weighted by atomic mass is 9.85. The first kappa shape index (κ1) is 14.3. The van der Waals surface area contributed by atoms with E-state index >= 15 is 0 Å². The molecule has 0 aliphatic carbocycles. The third-order valence-corrected chi connectivity index (χ3v) is 1.98. The first-order valence-corrected chi connectivity index (χ1v) is 5.74. The van der Waals surface area contributed by atoms with E-state index in [1.165, 1.54) is 0 Å². The van der Waals surface area contributed by atoms with Crippen molar-refractivity contribution >= 4 is 0 Å². The zero-order valence-electron chi connectivity index (χ0n) is 11.5. The molecule has 0 unspecified atom stereocenters. The normalized spacial score (nSPS) is 16.5. The molecular weight excluding hydrogens is 188 g/mol. The largest absolute Gasteiger partial charge is 0.458 e. The zero-order chi connectivity index (χ0) is 12.3. The standard InChI is InChI=1S/C11H20O2.C2H6/c1-10(2,3)8-9(11(4,5)6)13-7-12-8;1-2/h7H2,1-6H3;1-2H3.